The first-order valence-corrected chi connectivity index (χ1v) is 8.34. The van der Waals surface area contributed by atoms with Crippen LogP contribution in [0.3, 0.4) is 0 Å². The number of benzene rings is 1. The lowest BCUT2D eigenvalue weighted by Gasteiger charge is -2.35. The van der Waals surface area contributed by atoms with Crippen molar-refractivity contribution in [2.24, 2.45) is 5.73 Å². The van der Waals surface area contributed by atoms with Crippen LogP contribution in [0.5, 0.6) is 5.75 Å². The first kappa shape index (κ1) is 16.3. The highest BCUT2D eigenvalue weighted by Crippen LogP contribution is 2.28. The van der Waals surface area contributed by atoms with Gasteiger partial charge in [-0.3, -0.25) is 0 Å². The number of hydrogen-bond donors (Lipinski definition) is 1. The second-order valence-corrected chi connectivity index (χ2v) is 6.33. The van der Waals surface area contributed by atoms with Gasteiger partial charge in [0.1, 0.15) is 5.75 Å². The lowest BCUT2D eigenvalue weighted by atomic mass is 9.85. The van der Waals surface area contributed by atoms with Crippen LogP contribution < -0.4 is 10.5 Å². The third-order valence-corrected chi connectivity index (χ3v) is 4.55. The van der Waals surface area contributed by atoms with Gasteiger partial charge in [-0.05, 0) is 50.0 Å². The summed E-state index contributed by atoms with van der Waals surface area (Å²) in [5.74, 6) is 0.897. The molecule has 2 rings (SSSR count). The Bertz CT molecular complexity index is 427. The number of methoxy groups -OCH3 is 1. The van der Waals surface area contributed by atoms with Crippen molar-refractivity contribution in [3.05, 3.63) is 29.8 Å². The van der Waals surface area contributed by atoms with E-state index >= 15 is 0 Å². The Labute approximate surface area is 129 Å². The van der Waals surface area contributed by atoms with E-state index in [9.17, 15) is 0 Å². The van der Waals surface area contributed by atoms with Gasteiger partial charge in [-0.2, -0.15) is 0 Å². The van der Waals surface area contributed by atoms with Gasteiger partial charge >= 0.3 is 0 Å². The van der Waals surface area contributed by atoms with Crippen LogP contribution in [0.1, 0.15) is 51.0 Å². The highest BCUT2D eigenvalue weighted by Gasteiger charge is 2.29. The SMILES string of the molecule is CCCC(N)(CN1CCCCCC1)c1cccc(OC)c1. The molecule has 21 heavy (non-hydrogen) atoms. The van der Waals surface area contributed by atoms with Gasteiger partial charge in [0.15, 0.2) is 0 Å². The monoisotopic (exact) mass is 290 g/mol. The molecule has 118 valence electrons. The van der Waals surface area contributed by atoms with E-state index in [-0.39, 0.29) is 5.54 Å². The summed E-state index contributed by atoms with van der Waals surface area (Å²) in [5, 5.41) is 0. The minimum Gasteiger partial charge on any atom is -0.497 e. The summed E-state index contributed by atoms with van der Waals surface area (Å²) >= 11 is 0. The number of nitrogens with zero attached hydrogens (tertiary/aromatic N) is 1. The molecule has 1 aromatic carbocycles. The normalized spacial score (nSPS) is 19.8. The second-order valence-electron chi connectivity index (χ2n) is 6.33. The van der Waals surface area contributed by atoms with Crippen LogP contribution >= 0.6 is 0 Å². The van der Waals surface area contributed by atoms with Gasteiger partial charge < -0.3 is 15.4 Å². The Morgan fingerprint density at radius 2 is 1.90 bits per heavy atom. The van der Waals surface area contributed by atoms with Gasteiger partial charge in [0.25, 0.3) is 0 Å². The lowest BCUT2D eigenvalue weighted by molar-refractivity contribution is 0.204. The Balaban J connectivity index is 2.17. The summed E-state index contributed by atoms with van der Waals surface area (Å²) < 4.78 is 5.37. The minimum atomic E-state index is -0.270. The molecule has 1 aromatic rings. The summed E-state index contributed by atoms with van der Waals surface area (Å²) in [6, 6.07) is 8.29. The van der Waals surface area contributed by atoms with Crippen molar-refractivity contribution in [1.82, 2.24) is 4.90 Å². The maximum Gasteiger partial charge on any atom is 0.119 e. The molecule has 1 unspecified atom stereocenters. The third kappa shape index (κ3) is 4.45. The standard InChI is InChI=1S/C18H30N2O/c1-3-11-18(19,15-20-12-6-4-5-7-13-20)16-9-8-10-17(14-16)21-2/h8-10,14H,3-7,11-13,15,19H2,1-2H3. The number of ether oxygens (including phenoxy) is 1. The van der Waals surface area contributed by atoms with Crippen LogP contribution in [0.4, 0.5) is 0 Å². The van der Waals surface area contributed by atoms with Crippen LogP contribution in [0.25, 0.3) is 0 Å². The van der Waals surface area contributed by atoms with Crippen molar-refractivity contribution in [1.29, 1.82) is 0 Å². The van der Waals surface area contributed by atoms with Gasteiger partial charge in [-0.15, -0.1) is 0 Å². The molecule has 1 aliphatic rings. The van der Waals surface area contributed by atoms with Crippen LogP contribution in [0.2, 0.25) is 0 Å². The van der Waals surface area contributed by atoms with E-state index in [1.807, 2.05) is 12.1 Å². The number of rotatable bonds is 6. The topological polar surface area (TPSA) is 38.5 Å². The van der Waals surface area contributed by atoms with Crippen molar-refractivity contribution in [3.8, 4) is 5.75 Å². The second kappa shape index (κ2) is 7.81. The van der Waals surface area contributed by atoms with E-state index in [1.54, 1.807) is 7.11 Å². The molecular weight excluding hydrogens is 260 g/mol. The first-order valence-electron chi connectivity index (χ1n) is 8.34. The molecule has 1 fully saturated rings. The summed E-state index contributed by atoms with van der Waals surface area (Å²) in [6.45, 7) is 5.54. The fraction of sp³-hybridized carbons (Fsp3) is 0.667. The zero-order valence-corrected chi connectivity index (χ0v) is 13.6. The Morgan fingerprint density at radius 1 is 1.19 bits per heavy atom. The molecule has 0 radical (unpaired) electrons. The smallest absolute Gasteiger partial charge is 0.119 e. The fourth-order valence-corrected chi connectivity index (χ4v) is 3.39. The van der Waals surface area contributed by atoms with E-state index < -0.39 is 0 Å². The van der Waals surface area contributed by atoms with E-state index in [2.05, 4.69) is 24.0 Å². The highest BCUT2D eigenvalue weighted by atomic mass is 16.5. The fourth-order valence-electron chi connectivity index (χ4n) is 3.39. The predicted octanol–water partition coefficient (Wildman–Crippen LogP) is 3.53. The van der Waals surface area contributed by atoms with Crippen molar-refractivity contribution in [2.75, 3.05) is 26.7 Å². The molecule has 3 heteroatoms. The summed E-state index contributed by atoms with van der Waals surface area (Å²) in [5.41, 5.74) is 7.77. The molecular formula is C18H30N2O. The lowest BCUT2D eigenvalue weighted by Crippen LogP contribution is -2.48. The van der Waals surface area contributed by atoms with Gasteiger partial charge in [0, 0.05) is 6.54 Å². The van der Waals surface area contributed by atoms with Crippen LogP contribution in [-0.2, 0) is 5.54 Å². The molecule has 0 saturated carbocycles. The van der Waals surface area contributed by atoms with Crippen molar-refractivity contribution >= 4 is 0 Å². The average Bonchev–Trinajstić information content (AvgIpc) is 2.76. The quantitative estimate of drug-likeness (QED) is 0.871. The number of nitrogens with two attached hydrogens (primary N) is 1. The average molecular weight is 290 g/mol. The van der Waals surface area contributed by atoms with E-state index in [4.69, 9.17) is 10.5 Å². The van der Waals surface area contributed by atoms with E-state index in [1.165, 1.54) is 44.3 Å². The zero-order valence-electron chi connectivity index (χ0n) is 13.6. The van der Waals surface area contributed by atoms with Crippen LogP contribution in [0, 0.1) is 0 Å². The van der Waals surface area contributed by atoms with Crippen LogP contribution in [0.15, 0.2) is 24.3 Å². The van der Waals surface area contributed by atoms with E-state index in [0.29, 0.717) is 0 Å². The van der Waals surface area contributed by atoms with Gasteiger partial charge in [-0.25, -0.2) is 0 Å². The van der Waals surface area contributed by atoms with Crippen molar-refractivity contribution in [3.63, 3.8) is 0 Å². The molecule has 3 nitrogen and oxygen atoms in total. The molecule has 0 aliphatic carbocycles. The number of likely N-dealkylation sites (tertiary alicyclic amines) is 1. The number of hydrogen-bond acceptors (Lipinski definition) is 3. The third-order valence-electron chi connectivity index (χ3n) is 4.55. The van der Waals surface area contributed by atoms with Crippen LogP contribution in [-0.4, -0.2) is 31.6 Å². The maximum atomic E-state index is 6.84. The predicted molar refractivity (Wildman–Crippen MR) is 88.7 cm³/mol. The first-order chi connectivity index (χ1) is 10.2. The van der Waals surface area contributed by atoms with Gasteiger partial charge in [-0.1, -0.05) is 38.3 Å². The molecule has 1 atom stereocenters. The molecule has 1 heterocycles. The zero-order chi connectivity index (χ0) is 15.1. The van der Waals surface area contributed by atoms with Gasteiger partial charge in [0.05, 0.1) is 12.6 Å². The molecule has 0 bridgehead atoms. The Hall–Kier alpha value is -1.06. The summed E-state index contributed by atoms with van der Waals surface area (Å²) in [7, 11) is 1.71. The Kier molecular flexibility index (Phi) is 6.07. The summed E-state index contributed by atoms with van der Waals surface area (Å²) in [4.78, 5) is 2.56. The molecule has 0 amide bonds. The molecule has 1 aliphatic heterocycles. The molecule has 1 saturated heterocycles. The molecule has 2 N–H and O–H groups in total. The molecule has 0 spiro atoms. The van der Waals surface area contributed by atoms with Crippen molar-refractivity contribution < 1.29 is 4.74 Å². The van der Waals surface area contributed by atoms with E-state index in [0.717, 1.165) is 25.1 Å². The maximum absolute atomic E-state index is 6.84. The largest absolute Gasteiger partial charge is 0.497 e. The molecule has 0 aromatic heterocycles. The highest BCUT2D eigenvalue weighted by molar-refractivity contribution is 5.33. The van der Waals surface area contributed by atoms with Crippen molar-refractivity contribution in [2.45, 2.75) is 51.0 Å². The minimum absolute atomic E-state index is 0.270. The summed E-state index contributed by atoms with van der Waals surface area (Å²) in [6.07, 6.45) is 7.45. The Morgan fingerprint density at radius 3 is 2.52 bits per heavy atom. The van der Waals surface area contributed by atoms with Gasteiger partial charge in [0.2, 0.25) is 0 Å².